The van der Waals surface area contributed by atoms with E-state index in [0.29, 0.717) is 0 Å². The quantitative estimate of drug-likeness (QED) is 0.623. The fourth-order valence-corrected chi connectivity index (χ4v) is 1.02. The zero-order valence-corrected chi connectivity index (χ0v) is 11.4. The lowest BCUT2D eigenvalue weighted by molar-refractivity contribution is -0.140. The molecule has 0 aliphatic heterocycles. The number of hydrogen-bond acceptors (Lipinski definition) is 4. The van der Waals surface area contributed by atoms with Crippen LogP contribution in [0.25, 0.3) is 0 Å². The van der Waals surface area contributed by atoms with E-state index in [2.05, 4.69) is 10.1 Å². The van der Waals surface area contributed by atoms with Crippen molar-refractivity contribution in [2.75, 3.05) is 6.61 Å². The van der Waals surface area contributed by atoms with Crippen LogP contribution < -0.4 is 5.32 Å². The van der Waals surface area contributed by atoms with E-state index in [0.717, 1.165) is 6.08 Å². The first-order chi connectivity index (χ1) is 8.15. The minimum Gasteiger partial charge on any atom is -0.461 e. The van der Waals surface area contributed by atoms with Crippen molar-refractivity contribution >= 4 is 12.1 Å². The highest BCUT2D eigenvalue weighted by atomic mass is 19.1. The van der Waals surface area contributed by atoms with E-state index in [1.165, 1.54) is 6.92 Å². The second kappa shape index (κ2) is 6.98. The van der Waals surface area contributed by atoms with Crippen molar-refractivity contribution in [2.24, 2.45) is 0 Å². The molecule has 0 aromatic carbocycles. The minimum absolute atomic E-state index is 0.0912. The van der Waals surface area contributed by atoms with Crippen LogP contribution in [0.15, 0.2) is 11.9 Å². The summed E-state index contributed by atoms with van der Waals surface area (Å²) in [5.74, 6) is -2.09. The largest absolute Gasteiger partial charge is 0.461 e. The molecule has 1 atom stereocenters. The first-order valence-corrected chi connectivity index (χ1v) is 5.69. The lowest BCUT2D eigenvalue weighted by Crippen LogP contribution is -2.37. The fourth-order valence-electron chi connectivity index (χ4n) is 1.02. The molecule has 0 fully saturated rings. The van der Waals surface area contributed by atoms with Gasteiger partial charge < -0.3 is 14.8 Å². The molecule has 5 nitrogen and oxygen atoms in total. The van der Waals surface area contributed by atoms with Gasteiger partial charge >= 0.3 is 12.1 Å². The zero-order valence-electron chi connectivity index (χ0n) is 11.4. The van der Waals surface area contributed by atoms with E-state index in [1.807, 2.05) is 0 Å². The summed E-state index contributed by atoms with van der Waals surface area (Å²) in [5, 5.41) is 2.38. The van der Waals surface area contributed by atoms with E-state index in [-0.39, 0.29) is 6.61 Å². The van der Waals surface area contributed by atoms with E-state index < -0.39 is 29.5 Å². The SMILES string of the molecule is CCOC(=O)/C(F)=C\C(C)NC(=O)OC(C)(C)C. The topological polar surface area (TPSA) is 64.6 Å². The molecular weight excluding hydrogens is 241 g/mol. The molecule has 1 N–H and O–H groups in total. The standard InChI is InChI=1S/C12H20FNO4/c1-6-17-10(15)9(13)7-8(2)14-11(16)18-12(3,4)5/h7-8H,6H2,1-5H3,(H,14,16)/b9-7+. The highest BCUT2D eigenvalue weighted by Gasteiger charge is 2.18. The van der Waals surface area contributed by atoms with Gasteiger partial charge in [-0.15, -0.1) is 0 Å². The van der Waals surface area contributed by atoms with Gasteiger partial charge in [-0.1, -0.05) is 0 Å². The summed E-state index contributed by atoms with van der Waals surface area (Å²) in [7, 11) is 0. The van der Waals surface area contributed by atoms with E-state index >= 15 is 0 Å². The Bertz CT molecular complexity index is 333. The summed E-state index contributed by atoms with van der Waals surface area (Å²) in [6.07, 6.45) is 0.282. The Morgan fingerprint density at radius 3 is 2.39 bits per heavy atom. The summed E-state index contributed by atoms with van der Waals surface area (Å²) in [6, 6.07) is -0.677. The van der Waals surface area contributed by atoms with Gasteiger partial charge in [0.05, 0.1) is 12.6 Å². The second-order valence-corrected chi connectivity index (χ2v) is 4.67. The van der Waals surface area contributed by atoms with E-state index in [1.54, 1.807) is 27.7 Å². The third-order valence-corrected chi connectivity index (χ3v) is 1.61. The Morgan fingerprint density at radius 2 is 1.94 bits per heavy atom. The summed E-state index contributed by atoms with van der Waals surface area (Å²) in [5.41, 5.74) is -0.632. The third kappa shape index (κ3) is 7.65. The van der Waals surface area contributed by atoms with Crippen molar-refractivity contribution < 1.29 is 23.5 Å². The van der Waals surface area contributed by atoms with Gasteiger partial charge in [-0.25, -0.2) is 9.59 Å². The van der Waals surface area contributed by atoms with Crippen LogP contribution in [0.1, 0.15) is 34.6 Å². The number of carbonyl (C=O) groups is 2. The van der Waals surface area contributed by atoms with Gasteiger partial charge in [0.15, 0.2) is 0 Å². The molecule has 0 aromatic rings. The predicted molar refractivity (Wildman–Crippen MR) is 64.7 cm³/mol. The van der Waals surface area contributed by atoms with Crippen molar-refractivity contribution in [3.8, 4) is 0 Å². The third-order valence-electron chi connectivity index (χ3n) is 1.61. The number of halogens is 1. The van der Waals surface area contributed by atoms with Crippen molar-refractivity contribution in [3.63, 3.8) is 0 Å². The van der Waals surface area contributed by atoms with Gasteiger partial charge in [0.1, 0.15) is 5.60 Å². The number of esters is 1. The molecule has 18 heavy (non-hydrogen) atoms. The molecule has 0 aliphatic carbocycles. The molecule has 0 rings (SSSR count). The molecule has 0 saturated heterocycles. The van der Waals surface area contributed by atoms with Crippen LogP contribution in [0.4, 0.5) is 9.18 Å². The lowest BCUT2D eigenvalue weighted by atomic mass is 10.2. The van der Waals surface area contributed by atoms with E-state index in [4.69, 9.17) is 4.74 Å². The van der Waals surface area contributed by atoms with Gasteiger partial charge in [-0.05, 0) is 40.7 Å². The average molecular weight is 261 g/mol. The highest BCUT2D eigenvalue weighted by Crippen LogP contribution is 2.07. The number of alkyl carbamates (subject to hydrolysis) is 1. The van der Waals surface area contributed by atoms with Gasteiger partial charge in [-0.2, -0.15) is 4.39 Å². The first kappa shape index (κ1) is 16.4. The van der Waals surface area contributed by atoms with Crippen LogP contribution in [0.5, 0.6) is 0 Å². The average Bonchev–Trinajstić information content (AvgIpc) is 2.13. The summed E-state index contributed by atoms with van der Waals surface area (Å²) in [4.78, 5) is 22.3. The maximum Gasteiger partial charge on any atom is 0.408 e. The van der Waals surface area contributed by atoms with Crippen LogP contribution in [0.3, 0.4) is 0 Å². The molecular formula is C12H20FNO4. The number of amides is 1. The Morgan fingerprint density at radius 1 is 1.39 bits per heavy atom. The van der Waals surface area contributed by atoms with Crippen LogP contribution in [-0.4, -0.2) is 30.3 Å². The smallest absolute Gasteiger partial charge is 0.408 e. The van der Waals surface area contributed by atoms with Crippen molar-refractivity contribution in [2.45, 2.75) is 46.3 Å². The number of carbonyl (C=O) groups excluding carboxylic acids is 2. The van der Waals surface area contributed by atoms with Crippen molar-refractivity contribution in [3.05, 3.63) is 11.9 Å². The summed E-state index contributed by atoms with van der Waals surface area (Å²) >= 11 is 0. The van der Waals surface area contributed by atoms with Gasteiger partial charge in [0, 0.05) is 0 Å². The monoisotopic (exact) mass is 261 g/mol. The highest BCUT2D eigenvalue weighted by molar-refractivity contribution is 5.86. The molecule has 0 radical (unpaired) electrons. The van der Waals surface area contributed by atoms with E-state index in [9.17, 15) is 14.0 Å². The van der Waals surface area contributed by atoms with Crippen LogP contribution in [0.2, 0.25) is 0 Å². The number of nitrogens with one attached hydrogen (secondary N) is 1. The minimum atomic E-state index is -1.05. The Hall–Kier alpha value is -1.59. The molecule has 0 bridgehead atoms. The zero-order chi connectivity index (χ0) is 14.3. The Kier molecular flexibility index (Phi) is 6.36. The first-order valence-electron chi connectivity index (χ1n) is 5.69. The molecule has 104 valence electrons. The molecule has 0 spiro atoms. The van der Waals surface area contributed by atoms with Crippen LogP contribution >= 0.6 is 0 Å². The molecule has 0 saturated carbocycles. The summed E-state index contributed by atoms with van der Waals surface area (Å²) in [6.45, 7) is 8.33. The van der Waals surface area contributed by atoms with Crippen molar-refractivity contribution in [1.82, 2.24) is 5.32 Å². The molecule has 1 amide bonds. The normalized spacial score (nSPS) is 13.8. The Labute approximate surface area is 106 Å². The number of rotatable bonds is 4. The maximum atomic E-state index is 13.2. The van der Waals surface area contributed by atoms with Gasteiger partial charge in [0.25, 0.3) is 0 Å². The molecule has 0 aliphatic rings. The van der Waals surface area contributed by atoms with Gasteiger partial charge in [0.2, 0.25) is 5.83 Å². The fraction of sp³-hybridized carbons (Fsp3) is 0.667. The molecule has 0 heterocycles. The lowest BCUT2D eigenvalue weighted by Gasteiger charge is -2.20. The Balaban J connectivity index is 4.33. The predicted octanol–water partition coefficient (Wildman–Crippen LogP) is 2.32. The number of ether oxygens (including phenoxy) is 2. The van der Waals surface area contributed by atoms with Gasteiger partial charge in [-0.3, -0.25) is 0 Å². The maximum absolute atomic E-state index is 13.2. The molecule has 0 aromatic heterocycles. The second-order valence-electron chi connectivity index (χ2n) is 4.67. The van der Waals surface area contributed by atoms with Crippen molar-refractivity contribution in [1.29, 1.82) is 0 Å². The molecule has 1 unspecified atom stereocenters. The summed E-state index contributed by atoms with van der Waals surface area (Å²) < 4.78 is 22.7. The number of hydrogen-bond donors (Lipinski definition) is 1. The van der Waals surface area contributed by atoms with Crippen LogP contribution in [0, 0.1) is 0 Å². The molecule has 6 heteroatoms. The van der Waals surface area contributed by atoms with Crippen LogP contribution in [-0.2, 0) is 14.3 Å².